The highest BCUT2D eigenvalue weighted by Crippen LogP contribution is 2.50. The Labute approximate surface area is 162 Å². The highest BCUT2D eigenvalue weighted by Gasteiger charge is 2.45. The molecule has 2 atom stereocenters. The first-order valence-corrected chi connectivity index (χ1v) is 8.96. The molecule has 144 valence electrons. The summed E-state index contributed by atoms with van der Waals surface area (Å²) in [6.07, 6.45) is 0.422. The second-order valence-electron chi connectivity index (χ2n) is 6.87. The summed E-state index contributed by atoms with van der Waals surface area (Å²) in [6.45, 7) is -3.04. The van der Waals surface area contributed by atoms with Crippen molar-refractivity contribution in [2.75, 3.05) is 7.05 Å². The lowest BCUT2D eigenvalue weighted by molar-refractivity contribution is -0.0507. The van der Waals surface area contributed by atoms with E-state index in [2.05, 4.69) is 4.98 Å². The van der Waals surface area contributed by atoms with Crippen LogP contribution in [0.5, 0.6) is 5.75 Å². The monoisotopic (exact) mass is 407 g/mol. The third kappa shape index (κ3) is 2.27. The van der Waals surface area contributed by atoms with Crippen molar-refractivity contribution in [2.45, 2.75) is 25.1 Å². The predicted octanol–water partition coefficient (Wildman–Crippen LogP) is 4.55. The summed E-state index contributed by atoms with van der Waals surface area (Å²) in [5.74, 6) is -0.474. The van der Waals surface area contributed by atoms with Crippen LogP contribution in [0.25, 0.3) is 11.0 Å². The van der Waals surface area contributed by atoms with E-state index in [1.54, 1.807) is 23.7 Å². The molecule has 0 saturated heterocycles. The van der Waals surface area contributed by atoms with Crippen molar-refractivity contribution in [1.29, 1.82) is 0 Å². The van der Waals surface area contributed by atoms with Gasteiger partial charge in [0.2, 0.25) is 0 Å². The van der Waals surface area contributed by atoms with Gasteiger partial charge in [-0.15, -0.1) is 0 Å². The molecule has 5 nitrogen and oxygen atoms in total. The van der Waals surface area contributed by atoms with Gasteiger partial charge in [0, 0.05) is 29.6 Å². The summed E-state index contributed by atoms with van der Waals surface area (Å²) < 4.78 is 46.9. The number of rotatable bonds is 2. The molecule has 1 unspecified atom stereocenters. The van der Waals surface area contributed by atoms with Gasteiger partial charge in [-0.1, -0.05) is 17.7 Å². The van der Waals surface area contributed by atoms with Crippen LogP contribution in [-0.2, 0) is 0 Å². The zero-order chi connectivity index (χ0) is 19.7. The Morgan fingerprint density at radius 3 is 2.82 bits per heavy atom. The highest BCUT2D eigenvalue weighted by atomic mass is 35.5. The van der Waals surface area contributed by atoms with Gasteiger partial charge in [-0.25, -0.2) is 9.37 Å². The van der Waals surface area contributed by atoms with Gasteiger partial charge in [-0.3, -0.25) is 4.79 Å². The lowest BCUT2D eigenvalue weighted by Gasteiger charge is -2.24. The molecule has 0 spiro atoms. The van der Waals surface area contributed by atoms with Gasteiger partial charge in [0.05, 0.1) is 17.6 Å². The Hall–Kier alpha value is -2.74. The average molecular weight is 408 g/mol. The molecule has 1 amide bonds. The summed E-state index contributed by atoms with van der Waals surface area (Å²) in [5, 5.41) is 0.203. The fourth-order valence-corrected chi connectivity index (χ4v) is 4.51. The van der Waals surface area contributed by atoms with Crippen LogP contribution < -0.4 is 4.74 Å². The molecule has 2 aliphatic rings. The number of imidazole rings is 1. The van der Waals surface area contributed by atoms with Gasteiger partial charge in [-0.05, 0) is 24.3 Å². The number of aromatic nitrogens is 2. The first kappa shape index (κ1) is 17.4. The first-order valence-electron chi connectivity index (χ1n) is 8.58. The first-order chi connectivity index (χ1) is 13.4. The van der Waals surface area contributed by atoms with Crippen LogP contribution in [0.4, 0.5) is 13.2 Å². The smallest absolute Gasteiger partial charge is 0.387 e. The number of hydrogen-bond donors (Lipinski definition) is 0. The molecule has 28 heavy (non-hydrogen) atoms. The normalized spacial score (nSPS) is 20.5. The second-order valence-corrected chi connectivity index (χ2v) is 7.31. The molecule has 0 radical (unpaired) electrons. The van der Waals surface area contributed by atoms with Crippen molar-refractivity contribution in [3.8, 4) is 5.75 Å². The highest BCUT2D eigenvalue weighted by molar-refractivity contribution is 6.31. The predicted molar refractivity (Wildman–Crippen MR) is 95.4 cm³/mol. The van der Waals surface area contributed by atoms with Crippen molar-refractivity contribution in [1.82, 2.24) is 14.5 Å². The fourth-order valence-electron chi connectivity index (χ4n) is 4.31. The number of benzene rings is 2. The molecular formula is C19H13ClF3N3O2. The van der Waals surface area contributed by atoms with Crippen LogP contribution in [0.1, 0.15) is 40.3 Å². The minimum absolute atomic E-state index is 0.0721. The van der Waals surface area contributed by atoms with Crippen LogP contribution >= 0.6 is 11.6 Å². The van der Waals surface area contributed by atoms with E-state index in [1.165, 1.54) is 23.1 Å². The molecule has 3 aromatic rings. The van der Waals surface area contributed by atoms with Gasteiger partial charge in [-0.2, -0.15) is 8.78 Å². The number of halogens is 4. The minimum atomic E-state index is -3.04. The standard InChI is InChI=1S/C19H13ClF3N3O2/c1-25-13-7-11(15-9(18(25)27)3-2-4-14(15)28-19(22)23)26-12-6-8(20)5-10(21)16(12)24-17(13)26/h2-6,11,13,19H,7H2,1H3/t11-,13?/m1/s1. The topological polar surface area (TPSA) is 47.4 Å². The van der Waals surface area contributed by atoms with Crippen molar-refractivity contribution < 1.29 is 22.7 Å². The Balaban J connectivity index is 1.84. The van der Waals surface area contributed by atoms with E-state index in [1.807, 2.05) is 0 Å². The molecule has 9 heteroatoms. The van der Waals surface area contributed by atoms with E-state index < -0.39 is 24.5 Å². The zero-order valence-electron chi connectivity index (χ0n) is 14.5. The summed E-state index contributed by atoms with van der Waals surface area (Å²) in [6, 6.07) is 6.32. The Morgan fingerprint density at radius 1 is 1.29 bits per heavy atom. The second kappa shape index (κ2) is 5.88. The van der Waals surface area contributed by atoms with Crippen LogP contribution in [0, 0.1) is 5.82 Å². The maximum absolute atomic E-state index is 14.4. The number of hydrogen-bond acceptors (Lipinski definition) is 3. The maximum atomic E-state index is 14.4. The number of ether oxygens (including phenoxy) is 1. The quantitative estimate of drug-likeness (QED) is 0.626. The Bertz CT molecular complexity index is 1150. The maximum Gasteiger partial charge on any atom is 0.387 e. The van der Waals surface area contributed by atoms with E-state index in [0.29, 0.717) is 23.3 Å². The number of carbonyl (C=O) groups is 1. The van der Waals surface area contributed by atoms with Crippen molar-refractivity contribution >= 4 is 28.5 Å². The van der Waals surface area contributed by atoms with Gasteiger partial charge in [0.15, 0.2) is 5.82 Å². The molecule has 5 rings (SSSR count). The third-order valence-electron chi connectivity index (χ3n) is 5.43. The number of fused-ring (bicyclic) bond motifs is 9. The summed E-state index contributed by atoms with van der Waals surface area (Å²) in [4.78, 5) is 18.9. The molecule has 2 bridgehead atoms. The van der Waals surface area contributed by atoms with Gasteiger partial charge >= 0.3 is 6.61 Å². The number of nitrogens with zero attached hydrogens (tertiary/aromatic N) is 3. The fraction of sp³-hybridized carbons (Fsp3) is 0.263. The molecule has 1 aromatic heterocycles. The lowest BCUT2D eigenvalue weighted by Crippen LogP contribution is -2.30. The van der Waals surface area contributed by atoms with E-state index in [-0.39, 0.29) is 27.8 Å². The van der Waals surface area contributed by atoms with Crippen molar-refractivity contribution in [3.63, 3.8) is 0 Å². The van der Waals surface area contributed by atoms with Crippen molar-refractivity contribution in [3.05, 3.63) is 58.1 Å². The summed E-state index contributed by atoms with van der Waals surface area (Å²) in [5.41, 5.74) is 1.21. The molecule has 0 aliphatic carbocycles. The largest absolute Gasteiger partial charge is 0.434 e. The molecular weight excluding hydrogens is 395 g/mol. The van der Waals surface area contributed by atoms with E-state index in [0.717, 1.165) is 0 Å². The summed E-state index contributed by atoms with van der Waals surface area (Å²) in [7, 11) is 1.62. The van der Waals surface area contributed by atoms with Crippen molar-refractivity contribution in [2.24, 2.45) is 0 Å². The van der Waals surface area contributed by atoms with Crippen LogP contribution in [0.15, 0.2) is 30.3 Å². The van der Waals surface area contributed by atoms with E-state index >= 15 is 0 Å². The van der Waals surface area contributed by atoms with Gasteiger partial charge in [0.25, 0.3) is 5.91 Å². The SMILES string of the molecule is CN1C(=O)c2cccc(OC(F)F)c2[C@H]2CC1c1nc3c(F)cc(Cl)cc3n12. The Morgan fingerprint density at radius 2 is 2.07 bits per heavy atom. The number of carbonyl (C=O) groups excluding carboxylic acids is 1. The van der Waals surface area contributed by atoms with E-state index in [9.17, 15) is 18.0 Å². The number of alkyl halides is 2. The van der Waals surface area contributed by atoms with Crippen LogP contribution in [0.2, 0.25) is 5.02 Å². The number of amides is 1. The minimum Gasteiger partial charge on any atom is -0.434 e. The van der Waals surface area contributed by atoms with E-state index in [4.69, 9.17) is 16.3 Å². The zero-order valence-corrected chi connectivity index (χ0v) is 15.3. The lowest BCUT2D eigenvalue weighted by atomic mass is 9.97. The molecule has 0 saturated carbocycles. The van der Waals surface area contributed by atoms with Crippen LogP contribution in [-0.4, -0.2) is 34.0 Å². The molecule has 2 aromatic carbocycles. The molecule has 3 heterocycles. The van der Waals surface area contributed by atoms with Crippen LogP contribution in [0.3, 0.4) is 0 Å². The summed E-state index contributed by atoms with van der Waals surface area (Å²) >= 11 is 6.04. The van der Waals surface area contributed by atoms with Gasteiger partial charge in [0.1, 0.15) is 17.1 Å². The molecule has 2 aliphatic heterocycles. The molecule has 0 N–H and O–H groups in total. The average Bonchev–Trinajstić information content (AvgIpc) is 3.15. The third-order valence-corrected chi connectivity index (χ3v) is 5.65. The Kier molecular flexibility index (Phi) is 3.64. The van der Waals surface area contributed by atoms with Gasteiger partial charge < -0.3 is 14.2 Å². The molecule has 0 fully saturated rings.